The van der Waals surface area contributed by atoms with Crippen LogP contribution < -0.4 is 5.32 Å². The summed E-state index contributed by atoms with van der Waals surface area (Å²) in [5, 5.41) is 12.0. The Morgan fingerprint density at radius 1 is 1.26 bits per heavy atom. The van der Waals surface area contributed by atoms with E-state index in [1.165, 1.54) is 0 Å². The Labute approximate surface area is 114 Å². The first kappa shape index (κ1) is 15.9. The van der Waals surface area contributed by atoms with E-state index in [9.17, 15) is 9.59 Å². The average molecular weight is 271 g/mol. The Morgan fingerprint density at radius 2 is 2.00 bits per heavy atom. The second kappa shape index (κ2) is 8.12. The van der Waals surface area contributed by atoms with Crippen LogP contribution in [0.25, 0.3) is 0 Å². The van der Waals surface area contributed by atoms with Crippen LogP contribution in [0.5, 0.6) is 0 Å². The lowest BCUT2D eigenvalue weighted by molar-refractivity contribution is -0.138. The largest absolute Gasteiger partial charge is 0.480 e. The SMILES string of the molecule is CCC(C)NCC(=O)N1CCCN(CC(=O)O)CC1. The van der Waals surface area contributed by atoms with Gasteiger partial charge in [-0.2, -0.15) is 0 Å². The zero-order valence-corrected chi connectivity index (χ0v) is 11.9. The van der Waals surface area contributed by atoms with Gasteiger partial charge in [0, 0.05) is 32.2 Å². The van der Waals surface area contributed by atoms with Gasteiger partial charge in [0.25, 0.3) is 0 Å². The van der Waals surface area contributed by atoms with Crippen LogP contribution in [-0.2, 0) is 9.59 Å². The van der Waals surface area contributed by atoms with Crippen LogP contribution in [0, 0.1) is 0 Å². The predicted molar refractivity (Wildman–Crippen MR) is 73.0 cm³/mol. The third-order valence-electron chi connectivity index (χ3n) is 3.51. The molecule has 0 aromatic carbocycles. The zero-order valence-electron chi connectivity index (χ0n) is 11.9. The van der Waals surface area contributed by atoms with Crippen molar-refractivity contribution in [3.05, 3.63) is 0 Å². The number of nitrogens with one attached hydrogen (secondary N) is 1. The molecule has 6 nitrogen and oxygen atoms in total. The van der Waals surface area contributed by atoms with Crippen molar-refractivity contribution < 1.29 is 14.7 Å². The van der Waals surface area contributed by atoms with Gasteiger partial charge in [-0.3, -0.25) is 14.5 Å². The van der Waals surface area contributed by atoms with E-state index in [0.29, 0.717) is 25.7 Å². The predicted octanol–water partition coefficient (Wildman–Crippen LogP) is -0.00660. The summed E-state index contributed by atoms with van der Waals surface area (Å²) in [7, 11) is 0. The lowest BCUT2D eigenvalue weighted by Crippen LogP contribution is -2.42. The molecule has 1 rings (SSSR count). The van der Waals surface area contributed by atoms with Gasteiger partial charge in [0.15, 0.2) is 0 Å². The van der Waals surface area contributed by atoms with Crippen molar-refractivity contribution in [3.8, 4) is 0 Å². The summed E-state index contributed by atoms with van der Waals surface area (Å²) < 4.78 is 0. The molecule has 1 atom stereocenters. The molecular weight excluding hydrogens is 246 g/mol. The van der Waals surface area contributed by atoms with Crippen LogP contribution in [0.1, 0.15) is 26.7 Å². The summed E-state index contributed by atoms with van der Waals surface area (Å²) in [6, 6.07) is 0.347. The van der Waals surface area contributed by atoms with Crippen LogP contribution in [0.2, 0.25) is 0 Å². The third-order valence-corrected chi connectivity index (χ3v) is 3.51. The van der Waals surface area contributed by atoms with E-state index in [2.05, 4.69) is 19.2 Å². The average Bonchev–Trinajstić information content (AvgIpc) is 2.60. The quantitative estimate of drug-likeness (QED) is 0.711. The molecule has 1 aliphatic rings. The highest BCUT2D eigenvalue weighted by Crippen LogP contribution is 2.03. The molecule has 19 heavy (non-hydrogen) atoms. The van der Waals surface area contributed by atoms with Crippen molar-refractivity contribution >= 4 is 11.9 Å². The van der Waals surface area contributed by atoms with E-state index in [4.69, 9.17) is 5.11 Å². The molecule has 0 radical (unpaired) electrons. The van der Waals surface area contributed by atoms with Crippen molar-refractivity contribution in [1.82, 2.24) is 15.1 Å². The lowest BCUT2D eigenvalue weighted by atomic mass is 10.2. The number of carbonyl (C=O) groups excluding carboxylic acids is 1. The Hall–Kier alpha value is -1.14. The Morgan fingerprint density at radius 3 is 2.63 bits per heavy atom. The third kappa shape index (κ3) is 6.02. The summed E-state index contributed by atoms with van der Waals surface area (Å²) in [6.07, 6.45) is 1.84. The Kier molecular flexibility index (Phi) is 6.80. The summed E-state index contributed by atoms with van der Waals surface area (Å²) in [5.74, 6) is -0.698. The van der Waals surface area contributed by atoms with E-state index in [0.717, 1.165) is 25.9 Å². The molecule has 1 heterocycles. The molecule has 2 N–H and O–H groups in total. The van der Waals surface area contributed by atoms with Crippen LogP contribution in [0.15, 0.2) is 0 Å². The van der Waals surface area contributed by atoms with Crippen LogP contribution in [0.3, 0.4) is 0 Å². The molecule has 0 spiro atoms. The fourth-order valence-electron chi connectivity index (χ4n) is 2.09. The molecular formula is C13H25N3O3. The number of hydrogen-bond acceptors (Lipinski definition) is 4. The Balaban J connectivity index is 2.35. The van der Waals surface area contributed by atoms with Crippen LogP contribution in [0.4, 0.5) is 0 Å². The van der Waals surface area contributed by atoms with Crippen molar-refractivity contribution in [2.45, 2.75) is 32.7 Å². The fraction of sp³-hybridized carbons (Fsp3) is 0.846. The normalized spacial score (nSPS) is 18.9. The van der Waals surface area contributed by atoms with Crippen molar-refractivity contribution in [2.75, 3.05) is 39.3 Å². The minimum atomic E-state index is -0.807. The molecule has 1 fully saturated rings. The summed E-state index contributed by atoms with van der Waals surface area (Å²) in [5.41, 5.74) is 0. The highest BCUT2D eigenvalue weighted by atomic mass is 16.4. The second-order valence-electron chi connectivity index (χ2n) is 5.09. The standard InChI is InChI=1S/C13H25N3O3/c1-3-11(2)14-9-12(17)16-6-4-5-15(7-8-16)10-13(18)19/h11,14H,3-10H2,1-2H3,(H,18,19). The van der Waals surface area contributed by atoms with Crippen molar-refractivity contribution in [3.63, 3.8) is 0 Å². The molecule has 6 heteroatoms. The van der Waals surface area contributed by atoms with Gasteiger partial charge >= 0.3 is 5.97 Å². The van der Waals surface area contributed by atoms with Gasteiger partial charge in [0.1, 0.15) is 0 Å². The summed E-state index contributed by atoms with van der Waals surface area (Å²) in [6.45, 7) is 7.30. The smallest absolute Gasteiger partial charge is 0.317 e. The molecule has 1 aliphatic heterocycles. The van der Waals surface area contributed by atoms with Crippen LogP contribution >= 0.6 is 0 Å². The van der Waals surface area contributed by atoms with E-state index < -0.39 is 5.97 Å². The highest BCUT2D eigenvalue weighted by Gasteiger charge is 2.20. The first-order valence-electron chi connectivity index (χ1n) is 6.98. The summed E-state index contributed by atoms with van der Waals surface area (Å²) in [4.78, 5) is 26.4. The summed E-state index contributed by atoms with van der Waals surface area (Å²) >= 11 is 0. The fourth-order valence-corrected chi connectivity index (χ4v) is 2.09. The number of aliphatic carboxylic acids is 1. The molecule has 0 saturated carbocycles. The van der Waals surface area contributed by atoms with Crippen molar-refractivity contribution in [1.29, 1.82) is 0 Å². The highest BCUT2D eigenvalue weighted by molar-refractivity contribution is 5.78. The maximum atomic E-state index is 12.0. The molecule has 0 aliphatic carbocycles. The van der Waals surface area contributed by atoms with Gasteiger partial charge in [0.2, 0.25) is 5.91 Å². The van der Waals surface area contributed by atoms with Gasteiger partial charge in [-0.25, -0.2) is 0 Å². The molecule has 1 amide bonds. The van der Waals surface area contributed by atoms with Crippen molar-refractivity contribution in [2.24, 2.45) is 0 Å². The number of carboxylic acid groups (broad SMARTS) is 1. The van der Waals surface area contributed by atoms with Gasteiger partial charge in [-0.05, 0) is 19.8 Å². The molecule has 0 bridgehead atoms. The molecule has 1 saturated heterocycles. The number of nitrogens with zero attached hydrogens (tertiary/aromatic N) is 2. The number of amides is 1. The zero-order chi connectivity index (χ0) is 14.3. The number of carbonyl (C=O) groups is 2. The van der Waals surface area contributed by atoms with E-state index in [-0.39, 0.29) is 12.5 Å². The lowest BCUT2D eigenvalue weighted by Gasteiger charge is -2.22. The minimum absolute atomic E-state index is 0.0626. The monoisotopic (exact) mass is 271 g/mol. The van der Waals surface area contributed by atoms with Gasteiger partial charge in [-0.15, -0.1) is 0 Å². The molecule has 0 aromatic rings. The minimum Gasteiger partial charge on any atom is -0.480 e. The maximum absolute atomic E-state index is 12.0. The van der Waals surface area contributed by atoms with E-state index in [1.54, 1.807) is 0 Å². The maximum Gasteiger partial charge on any atom is 0.317 e. The Bertz CT molecular complexity index is 310. The second-order valence-corrected chi connectivity index (χ2v) is 5.09. The topological polar surface area (TPSA) is 72.9 Å². The molecule has 110 valence electrons. The van der Waals surface area contributed by atoms with Gasteiger partial charge < -0.3 is 15.3 Å². The van der Waals surface area contributed by atoms with E-state index in [1.807, 2.05) is 9.80 Å². The molecule has 1 unspecified atom stereocenters. The number of carboxylic acids is 1. The van der Waals surface area contributed by atoms with Gasteiger partial charge in [-0.1, -0.05) is 6.92 Å². The van der Waals surface area contributed by atoms with Gasteiger partial charge in [0.05, 0.1) is 13.1 Å². The first-order valence-corrected chi connectivity index (χ1v) is 6.98. The molecule has 0 aromatic heterocycles. The first-order chi connectivity index (χ1) is 9.02. The van der Waals surface area contributed by atoms with E-state index >= 15 is 0 Å². The van der Waals surface area contributed by atoms with Crippen LogP contribution in [-0.4, -0.2) is 72.1 Å². The number of hydrogen-bond donors (Lipinski definition) is 2. The number of rotatable bonds is 6.